The van der Waals surface area contributed by atoms with Gasteiger partial charge in [-0.1, -0.05) is 23.8 Å². The molecule has 0 saturated carbocycles. The van der Waals surface area contributed by atoms with Gasteiger partial charge in [-0.2, -0.15) is 0 Å². The minimum atomic E-state index is -0.408. The number of carbonyl (C=O) groups excluding carboxylic acids is 2. The number of nitrogens with one attached hydrogen (secondary N) is 1. The number of hydrogen-bond donors (Lipinski definition) is 1. The number of amides is 1. The average Bonchev–Trinajstić information content (AvgIpc) is 3.36. The first-order valence-electron chi connectivity index (χ1n) is 9.58. The summed E-state index contributed by atoms with van der Waals surface area (Å²) in [6.45, 7) is 3.94. The zero-order valence-corrected chi connectivity index (χ0v) is 18.1. The van der Waals surface area contributed by atoms with E-state index in [1.807, 2.05) is 50.2 Å². The number of methoxy groups -OCH3 is 1. The number of thioether (sulfide) groups is 1. The van der Waals surface area contributed by atoms with Crippen molar-refractivity contribution in [3.8, 4) is 11.3 Å². The van der Waals surface area contributed by atoms with E-state index in [1.165, 1.54) is 18.9 Å². The summed E-state index contributed by atoms with van der Waals surface area (Å²) in [7, 11) is 1.35. The van der Waals surface area contributed by atoms with Crippen LogP contribution in [-0.4, -0.2) is 24.2 Å². The second-order valence-electron chi connectivity index (χ2n) is 7.04. The van der Waals surface area contributed by atoms with Gasteiger partial charge in [-0.15, -0.1) is 0 Å². The fraction of sp³-hybridized carbons (Fsp3) is 0.125. The van der Waals surface area contributed by atoms with Gasteiger partial charge < -0.3 is 14.5 Å². The molecular weight excluding hydrogens is 412 g/mol. The molecule has 3 aromatic rings. The van der Waals surface area contributed by atoms with E-state index in [9.17, 15) is 9.59 Å². The Labute approximate surface area is 184 Å². The molecule has 1 saturated heterocycles. The largest absolute Gasteiger partial charge is 0.465 e. The highest BCUT2D eigenvalue weighted by Gasteiger charge is 2.24. The zero-order valence-electron chi connectivity index (χ0n) is 17.3. The Hall–Kier alpha value is -3.58. The molecule has 31 heavy (non-hydrogen) atoms. The van der Waals surface area contributed by atoms with Crippen LogP contribution in [0.3, 0.4) is 0 Å². The summed E-state index contributed by atoms with van der Waals surface area (Å²) in [5, 5.41) is 3.30. The SMILES string of the molecule is COC(=O)c1ccc(C)c(-c2ccc(/C=C3/SC(=Nc4ccc(C)cc4)NC3=O)o2)c1. The summed E-state index contributed by atoms with van der Waals surface area (Å²) in [5.41, 5.74) is 4.12. The minimum absolute atomic E-state index is 0.224. The van der Waals surface area contributed by atoms with Crippen molar-refractivity contribution >= 4 is 40.6 Å². The number of aliphatic imine (C=N–C) groups is 1. The quantitative estimate of drug-likeness (QED) is 0.450. The first kappa shape index (κ1) is 20.7. The number of esters is 1. The van der Waals surface area contributed by atoms with Gasteiger partial charge in [0.2, 0.25) is 0 Å². The van der Waals surface area contributed by atoms with Gasteiger partial charge in [-0.05, 0) is 67.6 Å². The number of ether oxygens (including phenoxy) is 1. The molecular formula is C24H20N2O4S. The van der Waals surface area contributed by atoms with Crippen molar-refractivity contribution in [1.29, 1.82) is 0 Å². The Kier molecular flexibility index (Phi) is 5.77. The molecule has 0 atom stereocenters. The highest BCUT2D eigenvalue weighted by molar-refractivity contribution is 8.18. The van der Waals surface area contributed by atoms with Crippen molar-refractivity contribution in [2.75, 3.05) is 7.11 Å². The lowest BCUT2D eigenvalue weighted by molar-refractivity contribution is -0.115. The number of hydrogen-bond acceptors (Lipinski definition) is 6. The van der Waals surface area contributed by atoms with Gasteiger partial charge in [0.25, 0.3) is 5.91 Å². The van der Waals surface area contributed by atoms with Crippen LogP contribution >= 0.6 is 11.8 Å². The van der Waals surface area contributed by atoms with Crippen LogP contribution in [0.15, 0.2) is 68.9 Å². The second-order valence-corrected chi connectivity index (χ2v) is 8.07. The Morgan fingerprint density at radius 3 is 2.61 bits per heavy atom. The molecule has 1 aliphatic heterocycles. The number of rotatable bonds is 4. The normalized spacial score (nSPS) is 16.0. The van der Waals surface area contributed by atoms with E-state index in [4.69, 9.17) is 9.15 Å². The number of furan rings is 1. The Balaban J connectivity index is 1.57. The maximum absolute atomic E-state index is 12.3. The molecule has 0 unspecified atom stereocenters. The summed E-state index contributed by atoms with van der Waals surface area (Å²) >= 11 is 1.26. The third kappa shape index (κ3) is 4.62. The lowest BCUT2D eigenvalue weighted by atomic mass is 10.0. The molecule has 156 valence electrons. The highest BCUT2D eigenvalue weighted by Crippen LogP contribution is 2.31. The number of aryl methyl sites for hydroxylation is 2. The Bertz CT molecular complexity index is 1220. The van der Waals surface area contributed by atoms with Gasteiger partial charge in [-0.3, -0.25) is 4.79 Å². The van der Waals surface area contributed by atoms with Crippen LogP contribution in [-0.2, 0) is 9.53 Å². The molecule has 0 radical (unpaired) electrons. The molecule has 0 spiro atoms. The summed E-state index contributed by atoms with van der Waals surface area (Å²) in [5.74, 6) is 0.506. The van der Waals surface area contributed by atoms with Gasteiger partial charge >= 0.3 is 5.97 Å². The number of nitrogens with zero attached hydrogens (tertiary/aromatic N) is 1. The van der Waals surface area contributed by atoms with Crippen molar-refractivity contribution < 1.29 is 18.7 Å². The third-order valence-electron chi connectivity index (χ3n) is 4.74. The monoisotopic (exact) mass is 432 g/mol. The average molecular weight is 433 g/mol. The van der Waals surface area contributed by atoms with E-state index in [1.54, 1.807) is 24.3 Å². The predicted molar refractivity (Wildman–Crippen MR) is 122 cm³/mol. The molecule has 1 aliphatic rings. The third-order valence-corrected chi connectivity index (χ3v) is 5.65. The van der Waals surface area contributed by atoms with Crippen LogP contribution in [0.2, 0.25) is 0 Å². The molecule has 1 N–H and O–H groups in total. The van der Waals surface area contributed by atoms with Gasteiger partial charge in [0.05, 0.1) is 23.3 Å². The fourth-order valence-corrected chi connectivity index (χ4v) is 3.88. The fourth-order valence-electron chi connectivity index (χ4n) is 3.05. The molecule has 4 rings (SSSR count). The zero-order chi connectivity index (χ0) is 22.0. The smallest absolute Gasteiger partial charge is 0.337 e. The number of benzene rings is 2. The van der Waals surface area contributed by atoms with Crippen LogP contribution in [0.25, 0.3) is 17.4 Å². The molecule has 7 heteroatoms. The van der Waals surface area contributed by atoms with E-state index < -0.39 is 5.97 Å². The van der Waals surface area contributed by atoms with Gasteiger partial charge in [0, 0.05) is 11.6 Å². The molecule has 2 heterocycles. The van der Waals surface area contributed by atoms with Crippen molar-refractivity contribution in [3.63, 3.8) is 0 Å². The van der Waals surface area contributed by atoms with E-state index >= 15 is 0 Å². The summed E-state index contributed by atoms with van der Waals surface area (Å²) in [6, 6.07) is 16.6. The maximum Gasteiger partial charge on any atom is 0.337 e. The molecule has 2 aromatic carbocycles. The molecule has 0 aliphatic carbocycles. The van der Waals surface area contributed by atoms with E-state index in [0.717, 1.165) is 22.4 Å². The van der Waals surface area contributed by atoms with Crippen LogP contribution in [0, 0.1) is 13.8 Å². The van der Waals surface area contributed by atoms with Crippen molar-refractivity contribution in [1.82, 2.24) is 5.32 Å². The summed E-state index contributed by atoms with van der Waals surface area (Å²) in [4.78, 5) is 29.1. The van der Waals surface area contributed by atoms with Crippen molar-refractivity contribution in [2.24, 2.45) is 4.99 Å². The highest BCUT2D eigenvalue weighted by atomic mass is 32.2. The van der Waals surface area contributed by atoms with E-state index in [0.29, 0.717) is 27.2 Å². The van der Waals surface area contributed by atoms with Crippen LogP contribution in [0.1, 0.15) is 27.2 Å². The summed E-state index contributed by atoms with van der Waals surface area (Å²) < 4.78 is 10.7. The Morgan fingerprint density at radius 1 is 1.10 bits per heavy atom. The van der Waals surface area contributed by atoms with Crippen LogP contribution in [0.5, 0.6) is 0 Å². The second kappa shape index (κ2) is 8.65. The predicted octanol–water partition coefficient (Wildman–Crippen LogP) is 5.24. The minimum Gasteiger partial charge on any atom is -0.465 e. The van der Waals surface area contributed by atoms with Crippen molar-refractivity contribution in [2.45, 2.75) is 13.8 Å². The van der Waals surface area contributed by atoms with E-state index in [-0.39, 0.29) is 5.91 Å². The van der Waals surface area contributed by atoms with Crippen LogP contribution < -0.4 is 5.32 Å². The first-order valence-corrected chi connectivity index (χ1v) is 10.4. The van der Waals surface area contributed by atoms with Gasteiger partial charge in [-0.25, -0.2) is 9.79 Å². The maximum atomic E-state index is 12.3. The number of amidine groups is 1. The standard InChI is InChI=1S/C24H20N2O4S/c1-14-4-8-17(9-5-14)25-24-26-22(27)21(31-24)13-18-10-11-20(30-18)19-12-16(23(28)29-3)7-6-15(19)2/h4-13H,1-3H3,(H,25,26,27)/b21-13+. The molecule has 1 fully saturated rings. The van der Waals surface area contributed by atoms with Gasteiger partial charge in [0.1, 0.15) is 11.5 Å². The molecule has 1 aromatic heterocycles. The lowest BCUT2D eigenvalue weighted by Gasteiger charge is -2.05. The van der Waals surface area contributed by atoms with Gasteiger partial charge in [0.15, 0.2) is 5.17 Å². The molecule has 1 amide bonds. The first-order chi connectivity index (χ1) is 14.9. The van der Waals surface area contributed by atoms with E-state index in [2.05, 4.69) is 10.3 Å². The van der Waals surface area contributed by atoms with Crippen molar-refractivity contribution in [3.05, 3.63) is 82.0 Å². The molecule has 6 nitrogen and oxygen atoms in total. The number of carbonyl (C=O) groups is 2. The lowest BCUT2D eigenvalue weighted by Crippen LogP contribution is -2.19. The molecule has 0 bridgehead atoms. The Morgan fingerprint density at radius 2 is 1.87 bits per heavy atom. The topological polar surface area (TPSA) is 80.9 Å². The summed E-state index contributed by atoms with van der Waals surface area (Å²) in [6.07, 6.45) is 1.68. The van der Waals surface area contributed by atoms with Crippen LogP contribution in [0.4, 0.5) is 5.69 Å².